The molecule has 18 heavy (non-hydrogen) atoms. The highest BCUT2D eigenvalue weighted by atomic mass is 32.1. The van der Waals surface area contributed by atoms with E-state index in [-0.39, 0.29) is 0 Å². The maximum absolute atomic E-state index is 5.55. The van der Waals surface area contributed by atoms with E-state index in [0.29, 0.717) is 24.0 Å². The first kappa shape index (κ1) is 11.0. The van der Waals surface area contributed by atoms with Gasteiger partial charge in [0.2, 0.25) is 5.82 Å². The Morgan fingerprint density at radius 2 is 2.33 bits per heavy atom. The van der Waals surface area contributed by atoms with E-state index in [0.717, 1.165) is 15.6 Å². The molecule has 0 unspecified atom stereocenters. The van der Waals surface area contributed by atoms with E-state index in [2.05, 4.69) is 30.5 Å². The van der Waals surface area contributed by atoms with Crippen molar-refractivity contribution in [3.8, 4) is 22.3 Å². The van der Waals surface area contributed by atoms with Gasteiger partial charge in [0, 0.05) is 6.54 Å². The van der Waals surface area contributed by atoms with E-state index in [1.165, 1.54) is 17.5 Å². The van der Waals surface area contributed by atoms with E-state index in [9.17, 15) is 0 Å². The quantitative estimate of drug-likeness (QED) is 0.715. The molecule has 0 radical (unpaired) electrons. The van der Waals surface area contributed by atoms with Crippen molar-refractivity contribution in [2.24, 2.45) is 5.73 Å². The molecular formula is C9H9N7OS. The van der Waals surface area contributed by atoms with Crippen molar-refractivity contribution < 1.29 is 4.52 Å². The number of H-pyrrole nitrogens is 1. The number of nitrogens with two attached hydrogens (primary N) is 1. The number of aromatic nitrogens is 6. The lowest BCUT2D eigenvalue weighted by molar-refractivity contribution is 0.432. The number of nitrogens with zero attached hydrogens (tertiary/aromatic N) is 5. The molecule has 0 spiro atoms. The number of thiazole rings is 1. The van der Waals surface area contributed by atoms with Crippen LogP contribution >= 0.6 is 11.3 Å². The van der Waals surface area contributed by atoms with Gasteiger partial charge in [-0.3, -0.25) is 0 Å². The average molecular weight is 263 g/mol. The van der Waals surface area contributed by atoms with E-state index in [1.54, 1.807) is 0 Å². The molecule has 3 aromatic heterocycles. The second kappa shape index (κ2) is 4.27. The minimum absolute atomic E-state index is 0.390. The standard InChI is InChI=1S/C9H9N7OS/c1-4-7(18-6(2-10)12-4)9-13-8(15-17-9)5-3-11-16-14-5/h3H,2,10H2,1H3,(H,11,14,16). The van der Waals surface area contributed by atoms with Gasteiger partial charge in [0.05, 0.1) is 11.9 Å². The van der Waals surface area contributed by atoms with Crippen LogP contribution in [0.25, 0.3) is 22.3 Å². The molecule has 0 aliphatic heterocycles. The SMILES string of the molecule is Cc1nc(CN)sc1-c1nc(-c2cn[nH]n2)no1. The van der Waals surface area contributed by atoms with Crippen LogP contribution in [0.5, 0.6) is 0 Å². The molecule has 0 atom stereocenters. The van der Waals surface area contributed by atoms with Crippen LogP contribution in [0.15, 0.2) is 10.7 Å². The zero-order valence-electron chi connectivity index (χ0n) is 9.41. The second-order valence-electron chi connectivity index (χ2n) is 3.50. The fraction of sp³-hybridized carbons (Fsp3) is 0.222. The molecule has 0 saturated heterocycles. The monoisotopic (exact) mass is 263 g/mol. The maximum atomic E-state index is 5.55. The molecule has 0 bridgehead atoms. The lowest BCUT2D eigenvalue weighted by Gasteiger charge is -1.86. The van der Waals surface area contributed by atoms with Crippen LogP contribution in [-0.4, -0.2) is 30.5 Å². The van der Waals surface area contributed by atoms with Gasteiger partial charge in [-0.15, -0.1) is 11.3 Å². The molecular weight excluding hydrogens is 254 g/mol. The Balaban J connectivity index is 2.00. The molecule has 3 N–H and O–H groups in total. The summed E-state index contributed by atoms with van der Waals surface area (Å²) in [6, 6.07) is 0. The van der Waals surface area contributed by atoms with E-state index in [1.807, 2.05) is 6.92 Å². The summed E-state index contributed by atoms with van der Waals surface area (Å²) in [5, 5.41) is 14.8. The van der Waals surface area contributed by atoms with Crippen molar-refractivity contribution >= 4 is 11.3 Å². The molecule has 3 aromatic rings. The largest absolute Gasteiger partial charge is 0.333 e. The summed E-state index contributed by atoms with van der Waals surface area (Å²) in [5.74, 6) is 0.809. The summed E-state index contributed by atoms with van der Waals surface area (Å²) in [6.07, 6.45) is 1.53. The van der Waals surface area contributed by atoms with Crippen LogP contribution in [0, 0.1) is 6.92 Å². The molecule has 0 aromatic carbocycles. The Labute approximate surface area is 105 Å². The minimum atomic E-state index is 0.390. The third-order valence-corrected chi connectivity index (χ3v) is 3.45. The molecule has 9 heteroatoms. The predicted molar refractivity (Wildman–Crippen MR) is 63.4 cm³/mol. The summed E-state index contributed by atoms with van der Waals surface area (Å²) < 4.78 is 5.20. The average Bonchev–Trinajstić information content (AvgIpc) is 3.08. The lowest BCUT2D eigenvalue weighted by Crippen LogP contribution is -1.94. The smallest absolute Gasteiger partial charge is 0.270 e. The van der Waals surface area contributed by atoms with E-state index < -0.39 is 0 Å². The van der Waals surface area contributed by atoms with Gasteiger partial charge in [0.25, 0.3) is 5.89 Å². The van der Waals surface area contributed by atoms with E-state index >= 15 is 0 Å². The van der Waals surface area contributed by atoms with Gasteiger partial charge in [-0.25, -0.2) is 4.98 Å². The van der Waals surface area contributed by atoms with Crippen molar-refractivity contribution in [3.63, 3.8) is 0 Å². The fourth-order valence-corrected chi connectivity index (χ4v) is 2.33. The highest BCUT2D eigenvalue weighted by Gasteiger charge is 2.17. The number of rotatable bonds is 3. The topological polar surface area (TPSA) is 119 Å². The number of hydrogen-bond acceptors (Lipinski definition) is 8. The highest BCUT2D eigenvalue weighted by molar-refractivity contribution is 7.15. The van der Waals surface area contributed by atoms with Crippen molar-refractivity contribution in [1.29, 1.82) is 0 Å². The second-order valence-corrected chi connectivity index (χ2v) is 4.59. The zero-order chi connectivity index (χ0) is 12.5. The highest BCUT2D eigenvalue weighted by Crippen LogP contribution is 2.29. The maximum Gasteiger partial charge on any atom is 0.270 e. The third kappa shape index (κ3) is 1.79. The van der Waals surface area contributed by atoms with Gasteiger partial charge in [0.1, 0.15) is 9.88 Å². The molecule has 0 fully saturated rings. The summed E-state index contributed by atoms with van der Waals surface area (Å²) in [5.41, 5.74) is 6.91. The molecule has 0 amide bonds. The van der Waals surface area contributed by atoms with Crippen LogP contribution in [0.3, 0.4) is 0 Å². The van der Waals surface area contributed by atoms with Crippen LogP contribution in [0.2, 0.25) is 0 Å². The first-order valence-electron chi connectivity index (χ1n) is 5.14. The van der Waals surface area contributed by atoms with Crippen molar-refractivity contribution in [3.05, 3.63) is 16.9 Å². The number of hydrogen-bond donors (Lipinski definition) is 2. The van der Waals surface area contributed by atoms with Crippen molar-refractivity contribution in [2.75, 3.05) is 0 Å². The van der Waals surface area contributed by atoms with Crippen LogP contribution in [0.4, 0.5) is 0 Å². The lowest BCUT2D eigenvalue weighted by atomic mass is 10.4. The van der Waals surface area contributed by atoms with Crippen LogP contribution < -0.4 is 5.73 Å². The molecule has 92 valence electrons. The molecule has 0 aliphatic rings. The van der Waals surface area contributed by atoms with Gasteiger partial charge < -0.3 is 10.3 Å². The summed E-state index contributed by atoms with van der Waals surface area (Å²) in [4.78, 5) is 9.40. The Kier molecular flexibility index (Phi) is 2.61. The van der Waals surface area contributed by atoms with E-state index in [4.69, 9.17) is 10.3 Å². The first-order chi connectivity index (χ1) is 8.78. The van der Waals surface area contributed by atoms with Crippen LogP contribution in [-0.2, 0) is 6.54 Å². The Morgan fingerprint density at radius 3 is 3.00 bits per heavy atom. The normalized spacial score (nSPS) is 11.0. The van der Waals surface area contributed by atoms with Crippen molar-refractivity contribution in [1.82, 2.24) is 30.5 Å². The number of aryl methyl sites for hydroxylation is 1. The predicted octanol–water partition coefficient (Wildman–Crippen LogP) is 0.745. The summed E-state index contributed by atoms with van der Waals surface area (Å²) in [6.45, 7) is 2.28. The van der Waals surface area contributed by atoms with Gasteiger partial charge in [-0.1, -0.05) is 5.16 Å². The molecule has 3 rings (SSSR count). The zero-order valence-corrected chi connectivity index (χ0v) is 10.2. The fourth-order valence-electron chi connectivity index (χ4n) is 1.47. The summed E-state index contributed by atoms with van der Waals surface area (Å²) >= 11 is 1.45. The molecule has 0 saturated carbocycles. The van der Waals surface area contributed by atoms with Gasteiger partial charge in [0.15, 0.2) is 5.69 Å². The van der Waals surface area contributed by atoms with Gasteiger partial charge in [-0.2, -0.15) is 20.4 Å². The minimum Gasteiger partial charge on any atom is -0.333 e. The molecule has 8 nitrogen and oxygen atoms in total. The third-order valence-electron chi connectivity index (χ3n) is 2.28. The number of nitrogens with one attached hydrogen (secondary N) is 1. The Bertz CT molecular complexity index is 656. The van der Waals surface area contributed by atoms with Gasteiger partial charge in [-0.05, 0) is 6.92 Å². The van der Waals surface area contributed by atoms with Crippen LogP contribution in [0.1, 0.15) is 10.7 Å². The first-order valence-corrected chi connectivity index (χ1v) is 5.96. The Morgan fingerprint density at radius 1 is 1.44 bits per heavy atom. The van der Waals surface area contributed by atoms with Crippen molar-refractivity contribution in [2.45, 2.75) is 13.5 Å². The molecule has 0 aliphatic carbocycles. The Hall–Kier alpha value is -2.13. The number of aromatic amines is 1. The summed E-state index contributed by atoms with van der Waals surface area (Å²) in [7, 11) is 0. The molecule has 3 heterocycles. The van der Waals surface area contributed by atoms with Gasteiger partial charge >= 0.3 is 0 Å².